The van der Waals surface area contributed by atoms with Crippen molar-refractivity contribution in [3.05, 3.63) is 42.0 Å². The first-order valence-electron chi connectivity index (χ1n) is 8.17. The van der Waals surface area contributed by atoms with Gasteiger partial charge in [0.25, 0.3) is 10.0 Å². The fourth-order valence-electron chi connectivity index (χ4n) is 2.15. The second kappa shape index (κ2) is 9.59. The molecule has 138 valence electrons. The molecular formula is C16H25N5O2S2. The van der Waals surface area contributed by atoms with Crippen LogP contribution in [0, 0.1) is 0 Å². The van der Waals surface area contributed by atoms with Crippen LogP contribution in [0.25, 0.3) is 0 Å². The number of rotatable bonds is 9. The lowest BCUT2D eigenvalue weighted by Crippen LogP contribution is -2.39. The van der Waals surface area contributed by atoms with Gasteiger partial charge in [0.1, 0.15) is 4.21 Å². The number of aliphatic imine (C=N–C) groups is 1. The Hall–Kier alpha value is -1.84. The molecule has 0 unspecified atom stereocenters. The molecule has 0 saturated carbocycles. The van der Waals surface area contributed by atoms with Gasteiger partial charge in [0, 0.05) is 45.6 Å². The van der Waals surface area contributed by atoms with Gasteiger partial charge in [-0.25, -0.2) is 8.42 Å². The summed E-state index contributed by atoms with van der Waals surface area (Å²) >= 11 is 1.22. The van der Waals surface area contributed by atoms with Gasteiger partial charge in [0.2, 0.25) is 0 Å². The third-order valence-electron chi connectivity index (χ3n) is 3.52. The predicted octanol–water partition coefficient (Wildman–Crippen LogP) is 1.43. The topological polar surface area (TPSA) is 78.7 Å². The van der Waals surface area contributed by atoms with Gasteiger partial charge in [-0.15, -0.1) is 11.3 Å². The minimum absolute atomic E-state index is 0.328. The van der Waals surface area contributed by atoms with Crippen molar-refractivity contribution in [3.8, 4) is 0 Å². The quantitative estimate of drug-likeness (QED) is 0.507. The first-order valence-corrected chi connectivity index (χ1v) is 10.5. The predicted molar refractivity (Wildman–Crippen MR) is 103 cm³/mol. The Kier molecular flexibility index (Phi) is 7.48. The van der Waals surface area contributed by atoms with Crippen LogP contribution in [-0.2, 0) is 16.6 Å². The molecule has 2 aromatic heterocycles. The van der Waals surface area contributed by atoms with E-state index in [1.165, 1.54) is 15.6 Å². The number of hydrogen-bond donors (Lipinski definition) is 2. The van der Waals surface area contributed by atoms with Crippen molar-refractivity contribution in [2.45, 2.75) is 17.7 Å². The van der Waals surface area contributed by atoms with E-state index in [4.69, 9.17) is 0 Å². The zero-order valence-corrected chi connectivity index (χ0v) is 16.2. The van der Waals surface area contributed by atoms with E-state index in [9.17, 15) is 8.42 Å². The van der Waals surface area contributed by atoms with Crippen LogP contribution in [-0.4, -0.2) is 56.5 Å². The Labute approximate surface area is 153 Å². The lowest BCUT2D eigenvalue weighted by molar-refractivity contribution is 0.478. The summed E-state index contributed by atoms with van der Waals surface area (Å²) in [6.07, 6.45) is 4.02. The second-order valence-electron chi connectivity index (χ2n) is 5.37. The lowest BCUT2D eigenvalue weighted by atomic mass is 10.5. The van der Waals surface area contributed by atoms with E-state index >= 15 is 0 Å². The molecule has 0 aliphatic carbocycles. The third kappa shape index (κ3) is 5.87. The van der Waals surface area contributed by atoms with Crippen molar-refractivity contribution in [2.24, 2.45) is 4.99 Å². The first kappa shape index (κ1) is 19.5. The average Bonchev–Trinajstić information content (AvgIpc) is 3.28. The van der Waals surface area contributed by atoms with Crippen molar-refractivity contribution in [2.75, 3.05) is 33.2 Å². The molecule has 7 nitrogen and oxygen atoms in total. The summed E-state index contributed by atoms with van der Waals surface area (Å²) in [4.78, 5) is 4.45. The van der Waals surface area contributed by atoms with Crippen LogP contribution >= 0.6 is 11.3 Å². The van der Waals surface area contributed by atoms with E-state index in [1.54, 1.807) is 24.6 Å². The summed E-state index contributed by atoms with van der Waals surface area (Å²) in [7, 11) is -1.83. The van der Waals surface area contributed by atoms with Crippen LogP contribution in [0.1, 0.15) is 6.92 Å². The molecule has 9 heteroatoms. The molecule has 0 fully saturated rings. The number of sulfonamides is 1. The number of guanidine groups is 1. The van der Waals surface area contributed by atoms with E-state index < -0.39 is 10.0 Å². The highest BCUT2D eigenvalue weighted by molar-refractivity contribution is 7.91. The van der Waals surface area contributed by atoms with Gasteiger partial charge < -0.3 is 15.2 Å². The number of nitrogens with zero attached hydrogens (tertiary/aromatic N) is 3. The molecule has 0 bridgehead atoms. The Morgan fingerprint density at radius 2 is 2.04 bits per heavy atom. The highest BCUT2D eigenvalue weighted by Crippen LogP contribution is 2.19. The molecule has 0 aliphatic rings. The molecule has 0 radical (unpaired) electrons. The molecule has 2 N–H and O–H groups in total. The summed E-state index contributed by atoms with van der Waals surface area (Å²) in [6.45, 7) is 5.04. The lowest BCUT2D eigenvalue weighted by Gasteiger charge is -2.16. The molecule has 2 heterocycles. The first-order chi connectivity index (χ1) is 12.0. The zero-order chi connectivity index (χ0) is 18.1. The highest BCUT2D eigenvalue weighted by Gasteiger charge is 2.20. The second-order valence-corrected chi connectivity index (χ2v) is 8.59. The normalized spacial score (nSPS) is 12.5. The summed E-state index contributed by atoms with van der Waals surface area (Å²) in [5, 5.41) is 8.18. The van der Waals surface area contributed by atoms with Crippen molar-refractivity contribution in [1.29, 1.82) is 0 Å². The summed E-state index contributed by atoms with van der Waals surface area (Å²) in [5.41, 5.74) is 0. The summed E-state index contributed by atoms with van der Waals surface area (Å²) in [5.74, 6) is 0.691. The van der Waals surface area contributed by atoms with Crippen LogP contribution in [0.3, 0.4) is 0 Å². The van der Waals surface area contributed by atoms with Gasteiger partial charge in [0.05, 0.1) is 6.54 Å². The zero-order valence-electron chi connectivity index (χ0n) is 14.6. The Morgan fingerprint density at radius 3 is 2.68 bits per heavy atom. The van der Waals surface area contributed by atoms with E-state index in [2.05, 4.69) is 20.2 Å². The van der Waals surface area contributed by atoms with Gasteiger partial charge in [-0.2, -0.15) is 4.31 Å². The largest absolute Gasteiger partial charge is 0.357 e. The van der Waals surface area contributed by atoms with Gasteiger partial charge in [-0.1, -0.05) is 6.07 Å². The smallest absolute Gasteiger partial charge is 0.252 e. The van der Waals surface area contributed by atoms with Crippen LogP contribution < -0.4 is 10.6 Å². The fraction of sp³-hybridized carbons (Fsp3) is 0.438. The standard InChI is InChI=1S/C16H25N5O2S2/c1-3-17-16(19-9-13-21-10-4-5-11-21)18-8-12-20(2)25(22,23)15-7-6-14-24-15/h4-7,10-11,14H,3,8-9,12-13H2,1-2H3,(H2,17,18,19). The van der Waals surface area contributed by atoms with E-state index in [0.29, 0.717) is 23.3 Å². The molecule has 2 rings (SSSR count). The minimum atomic E-state index is -3.41. The Bertz CT molecular complexity index is 740. The molecule has 2 aromatic rings. The van der Waals surface area contributed by atoms with E-state index in [-0.39, 0.29) is 0 Å². The van der Waals surface area contributed by atoms with Gasteiger partial charge in [-0.3, -0.25) is 4.99 Å². The minimum Gasteiger partial charge on any atom is -0.357 e. The molecule has 0 spiro atoms. The number of thiophene rings is 1. The summed E-state index contributed by atoms with van der Waals surface area (Å²) in [6, 6.07) is 7.33. The number of aromatic nitrogens is 1. The molecule has 0 atom stereocenters. The number of likely N-dealkylation sites (N-methyl/N-ethyl adjacent to an activating group) is 1. The molecule has 25 heavy (non-hydrogen) atoms. The van der Waals surface area contributed by atoms with Crippen molar-refractivity contribution in [3.63, 3.8) is 0 Å². The molecule has 0 amide bonds. The number of nitrogens with one attached hydrogen (secondary N) is 2. The van der Waals surface area contributed by atoms with Crippen LogP contribution in [0.5, 0.6) is 0 Å². The fourth-order valence-corrected chi connectivity index (χ4v) is 4.51. The van der Waals surface area contributed by atoms with Crippen LogP contribution in [0.4, 0.5) is 0 Å². The molecule has 0 saturated heterocycles. The van der Waals surface area contributed by atoms with Gasteiger partial charge in [0.15, 0.2) is 5.96 Å². The van der Waals surface area contributed by atoms with E-state index in [0.717, 1.165) is 19.6 Å². The maximum absolute atomic E-state index is 12.4. The Balaban J connectivity index is 1.83. The average molecular weight is 384 g/mol. The highest BCUT2D eigenvalue weighted by atomic mass is 32.2. The van der Waals surface area contributed by atoms with Crippen molar-refractivity contribution < 1.29 is 8.42 Å². The molecule has 0 aromatic carbocycles. The van der Waals surface area contributed by atoms with Crippen LogP contribution in [0.2, 0.25) is 0 Å². The maximum Gasteiger partial charge on any atom is 0.252 e. The molecular weight excluding hydrogens is 358 g/mol. The third-order valence-corrected chi connectivity index (χ3v) is 6.75. The SMILES string of the molecule is CCNC(=NCCN(C)S(=O)(=O)c1cccs1)NCCn1cccc1. The van der Waals surface area contributed by atoms with Crippen molar-refractivity contribution in [1.82, 2.24) is 19.5 Å². The summed E-state index contributed by atoms with van der Waals surface area (Å²) < 4.78 is 28.5. The molecule has 0 aliphatic heterocycles. The monoisotopic (exact) mass is 383 g/mol. The van der Waals surface area contributed by atoms with Gasteiger partial charge >= 0.3 is 0 Å². The van der Waals surface area contributed by atoms with Crippen molar-refractivity contribution >= 4 is 27.3 Å². The Morgan fingerprint density at radius 1 is 1.28 bits per heavy atom. The number of hydrogen-bond acceptors (Lipinski definition) is 4. The van der Waals surface area contributed by atoms with E-state index in [1.807, 2.05) is 31.5 Å². The maximum atomic E-state index is 12.4. The van der Waals surface area contributed by atoms with Gasteiger partial charge in [-0.05, 0) is 30.5 Å². The van der Waals surface area contributed by atoms with Crippen LogP contribution in [0.15, 0.2) is 51.2 Å².